The van der Waals surface area contributed by atoms with Crippen molar-refractivity contribution >= 4 is 25.6 Å². The Hall–Kier alpha value is -1.07. The van der Waals surface area contributed by atoms with Gasteiger partial charge in [-0.05, 0) is 50.3 Å². The molecule has 1 amide bonds. The zero-order valence-electron chi connectivity index (χ0n) is 12.1. The minimum Gasteiger partial charge on any atom is -0.340 e. The lowest BCUT2D eigenvalue weighted by atomic mass is 10.0. The number of hydrogen-bond donors (Lipinski definition) is 0. The van der Waals surface area contributed by atoms with Gasteiger partial charge in [0.2, 0.25) is 5.91 Å². The van der Waals surface area contributed by atoms with E-state index in [1.165, 1.54) is 18.6 Å². The lowest BCUT2D eigenvalue weighted by Gasteiger charge is -2.33. The van der Waals surface area contributed by atoms with Crippen molar-refractivity contribution in [2.45, 2.75) is 50.0 Å². The van der Waals surface area contributed by atoms with E-state index in [0.29, 0.717) is 18.9 Å². The quantitative estimate of drug-likeness (QED) is 0.798. The highest BCUT2D eigenvalue weighted by molar-refractivity contribution is 8.13. The highest BCUT2D eigenvalue weighted by Crippen LogP contribution is 2.19. The Labute approximate surface area is 130 Å². The number of likely N-dealkylation sites (tertiary alicyclic amines) is 1. The van der Waals surface area contributed by atoms with Crippen LogP contribution in [0.5, 0.6) is 0 Å². The highest BCUT2D eigenvalue weighted by atomic mass is 35.7. The minimum absolute atomic E-state index is 0.0869. The van der Waals surface area contributed by atoms with Crippen LogP contribution in [0.4, 0.5) is 0 Å². The van der Waals surface area contributed by atoms with Gasteiger partial charge >= 0.3 is 0 Å². The van der Waals surface area contributed by atoms with Gasteiger partial charge in [0, 0.05) is 29.7 Å². The SMILES string of the molecule is CC1CCCCN1C(=O)CCc1ccc(S(=O)(=O)Cl)cc1. The second kappa shape index (κ2) is 6.79. The Morgan fingerprint density at radius 1 is 1.29 bits per heavy atom. The van der Waals surface area contributed by atoms with Crippen molar-refractivity contribution in [1.82, 2.24) is 4.90 Å². The predicted octanol–water partition coefficient (Wildman–Crippen LogP) is 2.95. The molecule has 1 atom stereocenters. The number of halogens is 1. The lowest BCUT2D eigenvalue weighted by molar-refractivity contribution is -0.134. The van der Waals surface area contributed by atoms with E-state index in [9.17, 15) is 13.2 Å². The largest absolute Gasteiger partial charge is 0.340 e. The van der Waals surface area contributed by atoms with Gasteiger partial charge in [0.25, 0.3) is 9.05 Å². The maximum atomic E-state index is 12.2. The fourth-order valence-corrected chi connectivity index (χ4v) is 3.45. The van der Waals surface area contributed by atoms with Gasteiger partial charge in [-0.15, -0.1) is 0 Å². The molecule has 0 bridgehead atoms. The van der Waals surface area contributed by atoms with Crippen LogP contribution in [-0.4, -0.2) is 31.8 Å². The van der Waals surface area contributed by atoms with Gasteiger partial charge in [-0.25, -0.2) is 8.42 Å². The molecule has 2 rings (SSSR count). The van der Waals surface area contributed by atoms with Crippen LogP contribution in [0.1, 0.15) is 38.2 Å². The monoisotopic (exact) mass is 329 g/mol. The average molecular weight is 330 g/mol. The number of piperidine rings is 1. The second-order valence-corrected chi connectivity index (χ2v) is 8.08. The number of hydrogen-bond acceptors (Lipinski definition) is 3. The summed E-state index contributed by atoms with van der Waals surface area (Å²) < 4.78 is 22.3. The summed E-state index contributed by atoms with van der Waals surface area (Å²) in [5.41, 5.74) is 0.942. The molecule has 1 fully saturated rings. The molecule has 0 saturated carbocycles. The molecule has 0 aliphatic carbocycles. The number of aryl methyl sites for hydroxylation is 1. The van der Waals surface area contributed by atoms with E-state index in [0.717, 1.165) is 24.9 Å². The highest BCUT2D eigenvalue weighted by Gasteiger charge is 2.22. The van der Waals surface area contributed by atoms with Crippen molar-refractivity contribution < 1.29 is 13.2 Å². The smallest absolute Gasteiger partial charge is 0.261 e. The maximum absolute atomic E-state index is 12.2. The minimum atomic E-state index is -3.68. The number of rotatable bonds is 4. The molecule has 1 aliphatic rings. The predicted molar refractivity (Wildman–Crippen MR) is 82.8 cm³/mol. The Kier molecular flexibility index (Phi) is 5.27. The summed E-state index contributed by atoms with van der Waals surface area (Å²) in [6, 6.07) is 6.71. The van der Waals surface area contributed by atoms with Crippen LogP contribution in [0.3, 0.4) is 0 Å². The summed E-state index contributed by atoms with van der Waals surface area (Å²) in [5.74, 6) is 0.177. The topological polar surface area (TPSA) is 54.5 Å². The van der Waals surface area contributed by atoms with Gasteiger partial charge in [-0.3, -0.25) is 4.79 Å². The number of carbonyl (C=O) groups excluding carboxylic acids is 1. The molecule has 0 spiro atoms. The van der Waals surface area contributed by atoms with Crippen LogP contribution in [0, 0.1) is 0 Å². The fraction of sp³-hybridized carbons (Fsp3) is 0.533. The summed E-state index contributed by atoms with van der Waals surface area (Å²) in [6.45, 7) is 2.95. The third-order valence-corrected chi connectivity index (χ3v) is 5.33. The molecule has 0 N–H and O–H groups in total. The number of amides is 1. The third-order valence-electron chi connectivity index (χ3n) is 3.96. The molecule has 1 saturated heterocycles. The van der Waals surface area contributed by atoms with Crippen LogP contribution >= 0.6 is 10.7 Å². The van der Waals surface area contributed by atoms with Crippen molar-refractivity contribution in [2.24, 2.45) is 0 Å². The molecule has 1 aromatic rings. The van der Waals surface area contributed by atoms with E-state index < -0.39 is 9.05 Å². The van der Waals surface area contributed by atoms with Crippen LogP contribution in [-0.2, 0) is 20.3 Å². The van der Waals surface area contributed by atoms with Crippen LogP contribution in [0.25, 0.3) is 0 Å². The average Bonchev–Trinajstić information content (AvgIpc) is 2.45. The first-order valence-corrected chi connectivity index (χ1v) is 9.52. The van der Waals surface area contributed by atoms with E-state index in [1.807, 2.05) is 4.90 Å². The summed E-state index contributed by atoms with van der Waals surface area (Å²) in [4.78, 5) is 14.3. The van der Waals surface area contributed by atoms with E-state index in [2.05, 4.69) is 6.92 Å². The number of nitrogens with zero attached hydrogens (tertiary/aromatic N) is 1. The molecule has 6 heteroatoms. The summed E-state index contributed by atoms with van der Waals surface area (Å²) in [7, 11) is 1.59. The molecule has 4 nitrogen and oxygen atoms in total. The van der Waals surface area contributed by atoms with Crippen molar-refractivity contribution in [3.8, 4) is 0 Å². The van der Waals surface area contributed by atoms with E-state index in [1.54, 1.807) is 12.1 Å². The van der Waals surface area contributed by atoms with Gasteiger partial charge in [0.1, 0.15) is 0 Å². The standard InChI is InChI=1S/C15H20ClNO3S/c1-12-4-2-3-11-17(12)15(18)10-7-13-5-8-14(9-6-13)21(16,19)20/h5-6,8-9,12H,2-4,7,10-11H2,1H3. The Morgan fingerprint density at radius 2 is 1.95 bits per heavy atom. The first-order valence-electron chi connectivity index (χ1n) is 7.21. The number of carbonyl (C=O) groups is 1. The normalized spacial score (nSPS) is 19.5. The summed E-state index contributed by atoms with van der Waals surface area (Å²) in [5, 5.41) is 0. The van der Waals surface area contributed by atoms with Gasteiger partial charge in [0.15, 0.2) is 0 Å². The molecule has 1 aromatic carbocycles. The molecule has 116 valence electrons. The van der Waals surface area contributed by atoms with Gasteiger partial charge in [0.05, 0.1) is 4.90 Å². The molecular formula is C15H20ClNO3S. The Morgan fingerprint density at radius 3 is 2.52 bits per heavy atom. The molecule has 0 aromatic heterocycles. The Bertz CT molecular complexity index is 598. The van der Waals surface area contributed by atoms with Crippen molar-refractivity contribution in [3.05, 3.63) is 29.8 Å². The second-order valence-electron chi connectivity index (χ2n) is 5.51. The molecule has 1 unspecified atom stereocenters. The van der Waals surface area contributed by atoms with Crippen molar-refractivity contribution in [1.29, 1.82) is 0 Å². The third kappa shape index (κ3) is 4.45. The first-order chi connectivity index (χ1) is 9.88. The molecule has 21 heavy (non-hydrogen) atoms. The zero-order chi connectivity index (χ0) is 15.5. The Balaban J connectivity index is 1.92. The van der Waals surface area contributed by atoms with Gasteiger partial charge in [-0.2, -0.15) is 0 Å². The lowest BCUT2D eigenvalue weighted by Crippen LogP contribution is -2.42. The zero-order valence-corrected chi connectivity index (χ0v) is 13.7. The summed E-state index contributed by atoms with van der Waals surface area (Å²) in [6.07, 6.45) is 4.42. The first kappa shape index (κ1) is 16.3. The summed E-state index contributed by atoms with van der Waals surface area (Å²) >= 11 is 0. The van der Waals surface area contributed by atoms with E-state index in [4.69, 9.17) is 10.7 Å². The molecule has 0 radical (unpaired) electrons. The van der Waals surface area contributed by atoms with E-state index in [-0.39, 0.29) is 10.8 Å². The van der Waals surface area contributed by atoms with Crippen LogP contribution < -0.4 is 0 Å². The van der Waals surface area contributed by atoms with Crippen LogP contribution in [0.2, 0.25) is 0 Å². The van der Waals surface area contributed by atoms with Crippen molar-refractivity contribution in [3.63, 3.8) is 0 Å². The maximum Gasteiger partial charge on any atom is 0.261 e. The molecule has 1 heterocycles. The van der Waals surface area contributed by atoms with E-state index >= 15 is 0 Å². The van der Waals surface area contributed by atoms with Crippen molar-refractivity contribution in [2.75, 3.05) is 6.54 Å². The fourth-order valence-electron chi connectivity index (χ4n) is 2.68. The molecular weight excluding hydrogens is 310 g/mol. The number of benzene rings is 1. The van der Waals surface area contributed by atoms with Gasteiger partial charge in [-0.1, -0.05) is 12.1 Å². The van der Waals surface area contributed by atoms with Gasteiger partial charge < -0.3 is 4.90 Å². The molecule has 1 aliphatic heterocycles. The van der Waals surface area contributed by atoms with Crippen LogP contribution in [0.15, 0.2) is 29.2 Å².